The third kappa shape index (κ3) is 2.37. The minimum Gasteiger partial charge on any atom is -0.103 e. The Hall–Kier alpha value is -0.520. The first-order chi connectivity index (χ1) is 8.12. The highest BCUT2D eigenvalue weighted by Gasteiger charge is 2.42. The standard InChI is InChI=1S/C17H28/c1-5-13-8-9-17(4)12-15(7-3)14(6-2)11-16(17)10-13/h5,13,16H,1,6-12H2,2-4H3/t13?,16-,17+/m0/s1. The van der Waals surface area contributed by atoms with E-state index in [-0.39, 0.29) is 0 Å². The molecule has 0 heteroatoms. The van der Waals surface area contributed by atoms with Gasteiger partial charge in [-0.15, -0.1) is 6.58 Å². The monoisotopic (exact) mass is 232 g/mol. The van der Waals surface area contributed by atoms with Gasteiger partial charge < -0.3 is 0 Å². The van der Waals surface area contributed by atoms with Gasteiger partial charge in [0.05, 0.1) is 0 Å². The fraction of sp³-hybridized carbons (Fsp3) is 0.765. The summed E-state index contributed by atoms with van der Waals surface area (Å²) in [5, 5.41) is 0. The van der Waals surface area contributed by atoms with Crippen molar-refractivity contribution in [3.8, 4) is 0 Å². The number of hydrogen-bond acceptors (Lipinski definition) is 0. The van der Waals surface area contributed by atoms with E-state index in [9.17, 15) is 0 Å². The summed E-state index contributed by atoms with van der Waals surface area (Å²) in [5.41, 5.74) is 4.16. The molecule has 0 radical (unpaired) electrons. The van der Waals surface area contributed by atoms with Gasteiger partial charge in [-0.05, 0) is 62.2 Å². The molecule has 0 spiro atoms. The average molecular weight is 232 g/mol. The van der Waals surface area contributed by atoms with Gasteiger partial charge in [0.15, 0.2) is 0 Å². The molecule has 1 unspecified atom stereocenters. The second-order valence-electron chi connectivity index (χ2n) is 6.42. The minimum atomic E-state index is 0.601. The summed E-state index contributed by atoms with van der Waals surface area (Å²) in [6.45, 7) is 11.2. The molecular formula is C17H28. The van der Waals surface area contributed by atoms with Gasteiger partial charge in [0.2, 0.25) is 0 Å². The van der Waals surface area contributed by atoms with Crippen LogP contribution in [-0.4, -0.2) is 0 Å². The van der Waals surface area contributed by atoms with E-state index in [1.807, 2.05) is 0 Å². The van der Waals surface area contributed by atoms with Gasteiger partial charge in [-0.3, -0.25) is 0 Å². The maximum absolute atomic E-state index is 4.00. The summed E-state index contributed by atoms with van der Waals surface area (Å²) in [5.74, 6) is 1.71. The molecule has 2 aliphatic rings. The quantitative estimate of drug-likeness (QED) is 0.563. The minimum absolute atomic E-state index is 0.601. The van der Waals surface area contributed by atoms with Crippen molar-refractivity contribution in [2.24, 2.45) is 17.3 Å². The normalized spacial score (nSPS) is 37.8. The summed E-state index contributed by atoms with van der Waals surface area (Å²) >= 11 is 0. The molecule has 1 fully saturated rings. The Labute approximate surface area is 107 Å². The SMILES string of the molecule is C=CC1CC[C@]2(C)CC(CC)=C(CC)C[C@@H]2C1. The molecule has 3 atom stereocenters. The smallest absolute Gasteiger partial charge is 0.0233 e. The van der Waals surface area contributed by atoms with E-state index in [4.69, 9.17) is 0 Å². The van der Waals surface area contributed by atoms with Crippen LogP contribution >= 0.6 is 0 Å². The Kier molecular flexibility index (Phi) is 3.80. The van der Waals surface area contributed by atoms with Crippen molar-refractivity contribution in [1.29, 1.82) is 0 Å². The fourth-order valence-electron chi connectivity index (χ4n) is 4.09. The van der Waals surface area contributed by atoms with Crippen LogP contribution < -0.4 is 0 Å². The largest absolute Gasteiger partial charge is 0.103 e. The second-order valence-corrected chi connectivity index (χ2v) is 6.42. The lowest BCUT2D eigenvalue weighted by Gasteiger charge is -2.48. The second kappa shape index (κ2) is 5.00. The van der Waals surface area contributed by atoms with Crippen LogP contribution in [0.25, 0.3) is 0 Å². The molecule has 1 saturated carbocycles. The van der Waals surface area contributed by atoms with Crippen LogP contribution in [0.5, 0.6) is 0 Å². The predicted molar refractivity (Wildman–Crippen MR) is 76.0 cm³/mol. The zero-order valence-electron chi connectivity index (χ0n) is 11.9. The molecule has 2 aliphatic carbocycles. The Balaban J connectivity index is 2.21. The van der Waals surface area contributed by atoms with Gasteiger partial charge in [0, 0.05) is 0 Å². The number of fused-ring (bicyclic) bond motifs is 1. The fourth-order valence-corrected chi connectivity index (χ4v) is 4.09. The molecule has 96 valence electrons. The molecular weight excluding hydrogens is 204 g/mol. The van der Waals surface area contributed by atoms with E-state index in [1.54, 1.807) is 11.1 Å². The van der Waals surface area contributed by atoms with Crippen LogP contribution in [0, 0.1) is 17.3 Å². The number of allylic oxidation sites excluding steroid dienone is 3. The van der Waals surface area contributed by atoms with Gasteiger partial charge in [-0.25, -0.2) is 0 Å². The zero-order chi connectivity index (χ0) is 12.5. The van der Waals surface area contributed by atoms with E-state index in [1.165, 1.54) is 44.9 Å². The van der Waals surface area contributed by atoms with Gasteiger partial charge in [0.1, 0.15) is 0 Å². The summed E-state index contributed by atoms with van der Waals surface area (Å²) < 4.78 is 0. The number of hydrogen-bond donors (Lipinski definition) is 0. The molecule has 0 aromatic carbocycles. The maximum atomic E-state index is 4.00. The van der Waals surface area contributed by atoms with E-state index < -0.39 is 0 Å². The van der Waals surface area contributed by atoms with Crippen molar-refractivity contribution in [2.45, 2.75) is 65.7 Å². The van der Waals surface area contributed by atoms with Crippen molar-refractivity contribution in [1.82, 2.24) is 0 Å². The molecule has 0 N–H and O–H groups in total. The highest BCUT2D eigenvalue weighted by atomic mass is 14.5. The Morgan fingerprint density at radius 2 is 2.00 bits per heavy atom. The molecule has 0 aromatic heterocycles. The molecule has 0 heterocycles. The van der Waals surface area contributed by atoms with E-state index in [0.717, 1.165) is 11.8 Å². The van der Waals surface area contributed by atoms with Crippen molar-refractivity contribution < 1.29 is 0 Å². The third-order valence-electron chi connectivity index (χ3n) is 5.46. The molecule has 17 heavy (non-hydrogen) atoms. The highest BCUT2D eigenvalue weighted by Crippen LogP contribution is 2.54. The Morgan fingerprint density at radius 3 is 2.59 bits per heavy atom. The summed E-state index contributed by atoms with van der Waals surface area (Å²) in [6, 6.07) is 0. The first kappa shape index (κ1) is 12.9. The molecule has 0 aliphatic heterocycles. The zero-order valence-corrected chi connectivity index (χ0v) is 11.9. The van der Waals surface area contributed by atoms with Gasteiger partial charge in [-0.1, -0.05) is 38.0 Å². The number of rotatable bonds is 3. The topological polar surface area (TPSA) is 0 Å². The Bertz CT molecular complexity index is 323. The maximum Gasteiger partial charge on any atom is -0.0233 e. The lowest BCUT2D eigenvalue weighted by molar-refractivity contribution is 0.0817. The van der Waals surface area contributed by atoms with E-state index in [2.05, 4.69) is 33.4 Å². The van der Waals surface area contributed by atoms with Crippen molar-refractivity contribution in [2.75, 3.05) is 0 Å². The first-order valence-electron chi connectivity index (χ1n) is 7.45. The first-order valence-corrected chi connectivity index (χ1v) is 7.45. The molecule has 0 bridgehead atoms. The molecule has 0 nitrogen and oxygen atoms in total. The summed E-state index contributed by atoms with van der Waals surface area (Å²) in [7, 11) is 0. The van der Waals surface area contributed by atoms with Crippen LogP contribution in [0.15, 0.2) is 23.8 Å². The summed E-state index contributed by atoms with van der Waals surface area (Å²) in [4.78, 5) is 0. The van der Waals surface area contributed by atoms with Crippen LogP contribution in [-0.2, 0) is 0 Å². The van der Waals surface area contributed by atoms with Gasteiger partial charge >= 0.3 is 0 Å². The van der Waals surface area contributed by atoms with Gasteiger partial charge in [-0.2, -0.15) is 0 Å². The van der Waals surface area contributed by atoms with Gasteiger partial charge in [0.25, 0.3) is 0 Å². The van der Waals surface area contributed by atoms with Crippen LogP contribution in [0.4, 0.5) is 0 Å². The highest BCUT2D eigenvalue weighted by molar-refractivity contribution is 5.22. The van der Waals surface area contributed by atoms with Crippen molar-refractivity contribution in [3.63, 3.8) is 0 Å². The van der Waals surface area contributed by atoms with E-state index in [0.29, 0.717) is 5.41 Å². The molecule has 0 aromatic rings. The molecule has 0 saturated heterocycles. The molecule has 0 amide bonds. The molecule has 2 rings (SSSR count). The van der Waals surface area contributed by atoms with Crippen molar-refractivity contribution >= 4 is 0 Å². The van der Waals surface area contributed by atoms with Crippen molar-refractivity contribution in [3.05, 3.63) is 23.8 Å². The average Bonchev–Trinajstić information content (AvgIpc) is 2.36. The summed E-state index contributed by atoms with van der Waals surface area (Å²) in [6.07, 6.45) is 11.7. The Morgan fingerprint density at radius 1 is 1.29 bits per heavy atom. The lowest BCUT2D eigenvalue weighted by atomic mass is 9.57. The van der Waals surface area contributed by atoms with E-state index >= 15 is 0 Å². The predicted octanol–water partition coefficient (Wildman–Crippen LogP) is 5.51. The third-order valence-corrected chi connectivity index (χ3v) is 5.46. The van der Waals surface area contributed by atoms with Crippen LogP contribution in [0.2, 0.25) is 0 Å². The van der Waals surface area contributed by atoms with Crippen LogP contribution in [0.1, 0.15) is 65.7 Å². The van der Waals surface area contributed by atoms with Crippen LogP contribution in [0.3, 0.4) is 0 Å². The lowest BCUT2D eigenvalue weighted by Crippen LogP contribution is -2.37.